The van der Waals surface area contributed by atoms with Crippen LogP contribution in [0.1, 0.15) is 37.8 Å². The van der Waals surface area contributed by atoms with Gasteiger partial charge in [-0.05, 0) is 54.0 Å². The number of nitrogens with one attached hydrogen (secondary N) is 1. The molecule has 4 unspecified atom stereocenters. The number of hydrogen-bond donors (Lipinski definition) is 2. The third kappa shape index (κ3) is 6.31. The van der Waals surface area contributed by atoms with Crippen LogP contribution in [0.25, 0.3) is 0 Å². The molecule has 3 rings (SSSR count). The SMILES string of the molecule is COc1ccc(C(NC(=O)C(N)C(C)C=CC2=CCCC=C2)C2=CCC(OC)C=C2)cc1. The lowest BCUT2D eigenvalue weighted by molar-refractivity contribution is -0.123. The molecule has 170 valence electrons. The molecule has 32 heavy (non-hydrogen) atoms. The number of carbonyl (C=O) groups is 1. The zero-order chi connectivity index (χ0) is 22.9. The van der Waals surface area contributed by atoms with Crippen LogP contribution < -0.4 is 15.8 Å². The van der Waals surface area contributed by atoms with E-state index in [9.17, 15) is 4.79 Å². The maximum atomic E-state index is 13.1. The molecule has 2 aliphatic rings. The van der Waals surface area contributed by atoms with Crippen LogP contribution in [0.5, 0.6) is 5.75 Å². The van der Waals surface area contributed by atoms with Crippen molar-refractivity contribution in [3.8, 4) is 5.75 Å². The summed E-state index contributed by atoms with van der Waals surface area (Å²) in [5.41, 5.74) is 9.50. The molecule has 2 aliphatic carbocycles. The molecule has 1 aromatic rings. The summed E-state index contributed by atoms with van der Waals surface area (Å²) >= 11 is 0. The first-order chi connectivity index (χ1) is 15.5. The van der Waals surface area contributed by atoms with E-state index in [1.54, 1.807) is 14.2 Å². The summed E-state index contributed by atoms with van der Waals surface area (Å²) < 4.78 is 10.7. The predicted molar refractivity (Wildman–Crippen MR) is 129 cm³/mol. The number of allylic oxidation sites excluding steroid dienone is 5. The number of carbonyl (C=O) groups excluding carboxylic acids is 1. The molecule has 1 amide bonds. The molecule has 0 spiro atoms. The van der Waals surface area contributed by atoms with E-state index in [0.717, 1.165) is 41.7 Å². The third-order valence-electron chi connectivity index (χ3n) is 5.95. The summed E-state index contributed by atoms with van der Waals surface area (Å²) in [6.07, 6.45) is 19.6. The second kappa shape index (κ2) is 11.7. The highest BCUT2D eigenvalue weighted by molar-refractivity contribution is 5.83. The van der Waals surface area contributed by atoms with Crippen molar-refractivity contribution < 1.29 is 14.3 Å². The number of benzene rings is 1. The van der Waals surface area contributed by atoms with Crippen LogP contribution in [-0.4, -0.2) is 32.3 Å². The fourth-order valence-corrected chi connectivity index (χ4v) is 3.78. The number of hydrogen-bond acceptors (Lipinski definition) is 4. The monoisotopic (exact) mass is 434 g/mol. The van der Waals surface area contributed by atoms with Crippen molar-refractivity contribution in [1.29, 1.82) is 0 Å². The number of nitrogens with two attached hydrogens (primary N) is 1. The molecule has 0 aromatic heterocycles. The number of methoxy groups -OCH3 is 2. The Labute approximate surface area is 191 Å². The fourth-order valence-electron chi connectivity index (χ4n) is 3.78. The van der Waals surface area contributed by atoms with Gasteiger partial charge in [-0.15, -0.1) is 0 Å². The minimum atomic E-state index is -0.653. The third-order valence-corrected chi connectivity index (χ3v) is 5.95. The average molecular weight is 435 g/mol. The summed E-state index contributed by atoms with van der Waals surface area (Å²) in [6, 6.07) is 6.79. The molecular formula is C27H34N2O3. The van der Waals surface area contributed by atoms with E-state index in [0.29, 0.717) is 0 Å². The van der Waals surface area contributed by atoms with Crippen molar-refractivity contribution in [2.75, 3.05) is 14.2 Å². The van der Waals surface area contributed by atoms with Gasteiger partial charge in [0.2, 0.25) is 5.91 Å². The summed E-state index contributed by atoms with van der Waals surface area (Å²) in [4.78, 5) is 13.1. The number of rotatable bonds is 9. The molecule has 0 aliphatic heterocycles. The maximum Gasteiger partial charge on any atom is 0.238 e. The lowest BCUT2D eigenvalue weighted by Crippen LogP contribution is -2.45. The van der Waals surface area contributed by atoms with Gasteiger partial charge in [-0.2, -0.15) is 0 Å². The topological polar surface area (TPSA) is 73.6 Å². The summed E-state index contributed by atoms with van der Waals surface area (Å²) in [6.45, 7) is 1.97. The Morgan fingerprint density at radius 3 is 2.53 bits per heavy atom. The second-order valence-electron chi connectivity index (χ2n) is 8.22. The Bertz CT molecular complexity index is 925. The van der Waals surface area contributed by atoms with Gasteiger partial charge in [-0.25, -0.2) is 0 Å². The summed E-state index contributed by atoms with van der Waals surface area (Å²) in [5.74, 6) is 0.490. The molecule has 1 aromatic carbocycles. The first-order valence-corrected chi connectivity index (χ1v) is 11.2. The van der Waals surface area contributed by atoms with Crippen molar-refractivity contribution in [2.45, 2.75) is 44.4 Å². The molecule has 4 atom stereocenters. The molecule has 0 heterocycles. The van der Waals surface area contributed by atoms with E-state index in [1.807, 2.05) is 55.5 Å². The summed E-state index contributed by atoms with van der Waals surface area (Å²) in [5, 5.41) is 3.16. The zero-order valence-corrected chi connectivity index (χ0v) is 19.2. The van der Waals surface area contributed by atoms with Gasteiger partial charge >= 0.3 is 0 Å². The quantitative estimate of drug-likeness (QED) is 0.598. The Kier molecular flexibility index (Phi) is 8.65. The largest absolute Gasteiger partial charge is 0.497 e. The molecule has 0 bridgehead atoms. The van der Waals surface area contributed by atoms with Crippen molar-refractivity contribution >= 4 is 5.91 Å². The van der Waals surface area contributed by atoms with Crippen molar-refractivity contribution in [1.82, 2.24) is 5.32 Å². The van der Waals surface area contributed by atoms with E-state index >= 15 is 0 Å². The van der Waals surface area contributed by atoms with Crippen molar-refractivity contribution in [2.24, 2.45) is 11.7 Å². The van der Waals surface area contributed by atoms with Crippen LogP contribution in [0.15, 0.2) is 84.0 Å². The molecule has 0 radical (unpaired) electrons. The van der Waals surface area contributed by atoms with Gasteiger partial charge < -0.3 is 20.5 Å². The van der Waals surface area contributed by atoms with Crippen LogP contribution in [0, 0.1) is 5.92 Å². The Morgan fingerprint density at radius 1 is 1.16 bits per heavy atom. The lowest BCUT2D eigenvalue weighted by Gasteiger charge is -2.26. The molecule has 3 N–H and O–H groups in total. The van der Waals surface area contributed by atoms with Crippen molar-refractivity contribution in [3.63, 3.8) is 0 Å². The van der Waals surface area contributed by atoms with Crippen LogP contribution in [0.3, 0.4) is 0 Å². The van der Waals surface area contributed by atoms with Crippen LogP contribution in [0.2, 0.25) is 0 Å². The zero-order valence-electron chi connectivity index (χ0n) is 19.2. The number of amides is 1. The fraction of sp³-hybridized carbons (Fsp3) is 0.370. The summed E-state index contributed by atoms with van der Waals surface area (Å²) in [7, 11) is 3.34. The molecule has 5 heteroatoms. The molecular weight excluding hydrogens is 400 g/mol. The van der Waals surface area contributed by atoms with Gasteiger partial charge in [-0.3, -0.25) is 4.79 Å². The molecule has 0 fully saturated rings. The smallest absolute Gasteiger partial charge is 0.238 e. The van der Waals surface area contributed by atoms with Crippen LogP contribution in [0.4, 0.5) is 0 Å². The highest BCUT2D eigenvalue weighted by Gasteiger charge is 2.25. The van der Waals surface area contributed by atoms with Gasteiger partial charge in [0.15, 0.2) is 0 Å². The Morgan fingerprint density at radius 2 is 1.94 bits per heavy atom. The van der Waals surface area contributed by atoms with Gasteiger partial charge in [0.05, 0.1) is 25.3 Å². The highest BCUT2D eigenvalue weighted by Crippen LogP contribution is 2.28. The van der Waals surface area contributed by atoms with E-state index in [1.165, 1.54) is 0 Å². The first-order valence-electron chi connectivity index (χ1n) is 11.2. The molecule has 5 nitrogen and oxygen atoms in total. The van der Waals surface area contributed by atoms with Gasteiger partial charge in [0.25, 0.3) is 0 Å². The van der Waals surface area contributed by atoms with E-state index in [4.69, 9.17) is 15.2 Å². The van der Waals surface area contributed by atoms with Crippen LogP contribution >= 0.6 is 0 Å². The van der Waals surface area contributed by atoms with Crippen molar-refractivity contribution in [3.05, 3.63) is 89.6 Å². The van der Waals surface area contributed by atoms with Crippen LogP contribution in [-0.2, 0) is 9.53 Å². The first kappa shape index (κ1) is 23.8. The lowest BCUT2D eigenvalue weighted by atomic mass is 9.92. The minimum Gasteiger partial charge on any atom is -0.497 e. The second-order valence-corrected chi connectivity index (χ2v) is 8.22. The number of ether oxygens (including phenoxy) is 2. The van der Waals surface area contributed by atoms with Gasteiger partial charge in [0.1, 0.15) is 5.75 Å². The van der Waals surface area contributed by atoms with E-state index in [-0.39, 0.29) is 24.0 Å². The average Bonchev–Trinajstić information content (AvgIpc) is 2.86. The Hall–Kier alpha value is -2.89. The predicted octanol–water partition coefficient (Wildman–Crippen LogP) is 4.55. The van der Waals surface area contributed by atoms with E-state index in [2.05, 4.69) is 29.6 Å². The van der Waals surface area contributed by atoms with Gasteiger partial charge in [0, 0.05) is 7.11 Å². The Balaban J connectivity index is 1.74. The molecule has 0 saturated carbocycles. The maximum absolute atomic E-state index is 13.1. The van der Waals surface area contributed by atoms with Gasteiger partial charge in [-0.1, -0.05) is 67.7 Å². The normalized spacial score (nSPS) is 20.9. The minimum absolute atomic E-state index is 0.0570. The highest BCUT2D eigenvalue weighted by atomic mass is 16.5. The molecule has 0 saturated heterocycles. The van der Waals surface area contributed by atoms with E-state index < -0.39 is 6.04 Å². The standard InChI is InChI=1S/C27H34N2O3/c1-19(9-10-20-7-5-4-6-8-20)25(28)27(30)29-26(21-11-15-23(31-2)16-12-21)22-13-17-24(32-3)18-14-22/h5,7-17,19,24-26H,4,6,18,28H2,1-3H3,(H,29,30).